The Morgan fingerprint density at radius 1 is 1.31 bits per heavy atom. The summed E-state index contributed by atoms with van der Waals surface area (Å²) >= 11 is 1.50. The molecule has 4 nitrogen and oxygen atoms in total. The zero-order valence-electron chi connectivity index (χ0n) is 15.4. The van der Waals surface area contributed by atoms with E-state index in [0.29, 0.717) is 11.8 Å². The van der Waals surface area contributed by atoms with Crippen LogP contribution in [0.1, 0.15) is 39.5 Å². The van der Waals surface area contributed by atoms with E-state index in [-0.39, 0.29) is 11.7 Å². The number of imidazole rings is 1. The van der Waals surface area contributed by atoms with E-state index in [2.05, 4.69) is 23.4 Å². The number of benzene rings is 1. The van der Waals surface area contributed by atoms with Gasteiger partial charge < -0.3 is 9.47 Å². The largest absolute Gasteiger partial charge is 0.339 e. The summed E-state index contributed by atoms with van der Waals surface area (Å²) in [6.07, 6.45) is 6.18. The van der Waals surface area contributed by atoms with Crippen molar-refractivity contribution in [2.75, 3.05) is 12.3 Å². The van der Waals surface area contributed by atoms with Crippen LogP contribution in [0, 0.1) is 5.82 Å². The maximum absolute atomic E-state index is 13.2. The highest BCUT2D eigenvalue weighted by Crippen LogP contribution is 2.27. The standard InChI is InChI=1S/C20H26FN3OS/c1-3-11-24-18(16-7-9-17(21)10-8-16)13-22-20(24)26-14-19(25)23-12-5-4-6-15(23)2/h7-10,13,15H,3-6,11-12,14H2,1-2H3/t15-/m0/s1. The minimum Gasteiger partial charge on any atom is -0.339 e. The number of carbonyl (C=O) groups is 1. The van der Waals surface area contributed by atoms with Crippen molar-refractivity contribution in [3.05, 3.63) is 36.3 Å². The molecule has 3 rings (SSSR count). The van der Waals surface area contributed by atoms with Gasteiger partial charge in [0.1, 0.15) is 5.82 Å². The summed E-state index contributed by atoms with van der Waals surface area (Å²) in [5.74, 6) is 0.358. The van der Waals surface area contributed by atoms with Crippen LogP contribution in [0.25, 0.3) is 11.3 Å². The Balaban J connectivity index is 1.73. The molecule has 1 aromatic heterocycles. The van der Waals surface area contributed by atoms with Gasteiger partial charge in [0.25, 0.3) is 0 Å². The monoisotopic (exact) mass is 375 g/mol. The van der Waals surface area contributed by atoms with Crippen LogP contribution in [0.15, 0.2) is 35.6 Å². The quantitative estimate of drug-likeness (QED) is 0.693. The Bertz CT molecular complexity index is 744. The molecule has 0 aliphatic carbocycles. The average molecular weight is 376 g/mol. The molecule has 1 aromatic carbocycles. The number of piperidine rings is 1. The number of thioether (sulfide) groups is 1. The van der Waals surface area contributed by atoms with Crippen LogP contribution in [-0.2, 0) is 11.3 Å². The lowest BCUT2D eigenvalue weighted by atomic mass is 10.0. The molecule has 1 aliphatic rings. The van der Waals surface area contributed by atoms with E-state index in [0.717, 1.165) is 48.8 Å². The molecular formula is C20H26FN3OS. The van der Waals surface area contributed by atoms with Gasteiger partial charge in [-0.1, -0.05) is 18.7 Å². The summed E-state index contributed by atoms with van der Waals surface area (Å²) in [5, 5.41) is 0.851. The topological polar surface area (TPSA) is 38.1 Å². The molecule has 6 heteroatoms. The maximum Gasteiger partial charge on any atom is 0.233 e. The van der Waals surface area contributed by atoms with Crippen molar-refractivity contribution in [1.82, 2.24) is 14.5 Å². The smallest absolute Gasteiger partial charge is 0.233 e. The molecule has 2 aromatic rings. The summed E-state index contributed by atoms with van der Waals surface area (Å²) in [6.45, 7) is 5.93. The molecule has 1 amide bonds. The zero-order valence-corrected chi connectivity index (χ0v) is 16.3. The van der Waals surface area contributed by atoms with Gasteiger partial charge in [-0.15, -0.1) is 0 Å². The Kier molecular flexibility index (Phi) is 6.35. The molecule has 0 bridgehead atoms. The molecule has 1 fully saturated rings. The lowest BCUT2D eigenvalue weighted by molar-refractivity contribution is -0.131. The van der Waals surface area contributed by atoms with E-state index in [9.17, 15) is 9.18 Å². The highest BCUT2D eigenvalue weighted by atomic mass is 32.2. The molecule has 0 saturated carbocycles. The summed E-state index contributed by atoms with van der Waals surface area (Å²) in [6, 6.07) is 6.81. The second-order valence-electron chi connectivity index (χ2n) is 6.81. The predicted molar refractivity (Wildman–Crippen MR) is 104 cm³/mol. The van der Waals surface area contributed by atoms with Crippen molar-refractivity contribution >= 4 is 17.7 Å². The van der Waals surface area contributed by atoms with Gasteiger partial charge in [0, 0.05) is 19.1 Å². The van der Waals surface area contributed by atoms with Gasteiger partial charge in [0.15, 0.2) is 5.16 Å². The molecule has 1 aliphatic heterocycles. The van der Waals surface area contributed by atoms with Crippen LogP contribution in [0.5, 0.6) is 0 Å². The van der Waals surface area contributed by atoms with Crippen LogP contribution in [0.2, 0.25) is 0 Å². The van der Waals surface area contributed by atoms with Crippen LogP contribution in [0.4, 0.5) is 4.39 Å². The molecule has 0 radical (unpaired) electrons. The second kappa shape index (κ2) is 8.71. The fourth-order valence-corrected chi connectivity index (χ4v) is 4.33. The molecule has 2 heterocycles. The van der Waals surface area contributed by atoms with Gasteiger partial charge in [-0.05, 0) is 62.4 Å². The average Bonchev–Trinajstić information content (AvgIpc) is 3.04. The van der Waals surface area contributed by atoms with Gasteiger partial charge in [-0.2, -0.15) is 0 Å². The van der Waals surface area contributed by atoms with Crippen molar-refractivity contribution in [2.45, 2.75) is 57.3 Å². The lowest BCUT2D eigenvalue weighted by Crippen LogP contribution is -2.43. The number of aromatic nitrogens is 2. The Hall–Kier alpha value is -1.82. The van der Waals surface area contributed by atoms with Gasteiger partial charge >= 0.3 is 0 Å². The van der Waals surface area contributed by atoms with Crippen LogP contribution in [-0.4, -0.2) is 38.7 Å². The Morgan fingerprint density at radius 3 is 2.77 bits per heavy atom. The van der Waals surface area contributed by atoms with Crippen LogP contribution < -0.4 is 0 Å². The van der Waals surface area contributed by atoms with Crippen molar-refractivity contribution in [2.24, 2.45) is 0 Å². The number of hydrogen-bond acceptors (Lipinski definition) is 3. The fraction of sp³-hybridized carbons (Fsp3) is 0.500. The van der Waals surface area contributed by atoms with Gasteiger partial charge in [0.2, 0.25) is 5.91 Å². The van der Waals surface area contributed by atoms with Gasteiger partial charge in [-0.25, -0.2) is 9.37 Å². The first-order chi connectivity index (χ1) is 12.6. The number of rotatable bonds is 6. The minimum absolute atomic E-state index is 0.191. The second-order valence-corrected chi connectivity index (χ2v) is 7.75. The van der Waals surface area contributed by atoms with E-state index in [4.69, 9.17) is 0 Å². The van der Waals surface area contributed by atoms with Crippen LogP contribution >= 0.6 is 11.8 Å². The van der Waals surface area contributed by atoms with Crippen molar-refractivity contribution in [3.8, 4) is 11.3 Å². The SMILES string of the molecule is CCCn1c(-c2ccc(F)cc2)cnc1SCC(=O)N1CCCC[C@@H]1C. The number of carbonyl (C=O) groups excluding carboxylic acids is 1. The minimum atomic E-state index is -0.244. The van der Waals surface area contributed by atoms with E-state index < -0.39 is 0 Å². The molecule has 0 N–H and O–H groups in total. The van der Waals surface area contributed by atoms with Crippen molar-refractivity contribution < 1.29 is 9.18 Å². The van der Waals surface area contributed by atoms with E-state index >= 15 is 0 Å². The number of likely N-dealkylation sites (tertiary alicyclic amines) is 1. The van der Waals surface area contributed by atoms with Crippen molar-refractivity contribution in [3.63, 3.8) is 0 Å². The van der Waals surface area contributed by atoms with E-state index in [1.165, 1.54) is 30.3 Å². The first-order valence-electron chi connectivity index (χ1n) is 9.34. The Labute approximate surface area is 158 Å². The summed E-state index contributed by atoms with van der Waals surface area (Å²) in [5.41, 5.74) is 1.91. The van der Waals surface area contributed by atoms with Gasteiger partial charge in [0.05, 0.1) is 17.6 Å². The van der Waals surface area contributed by atoms with E-state index in [1.807, 2.05) is 11.1 Å². The maximum atomic E-state index is 13.2. The van der Waals surface area contributed by atoms with Gasteiger partial charge in [-0.3, -0.25) is 4.79 Å². The molecule has 0 spiro atoms. The lowest BCUT2D eigenvalue weighted by Gasteiger charge is -2.33. The van der Waals surface area contributed by atoms with Crippen LogP contribution in [0.3, 0.4) is 0 Å². The Morgan fingerprint density at radius 2 is 2.08 bits per heavy atom. The number of halogens is 1. The van der Waals surface area contributed by atoms with E-state index in [1.54, 1.807) is 12.1 Å². The summed E-state index contributed by atoms with van der Waals surface area (Å²) in [4.78, 5) is 19.1. The summed E-state index contributed by atoms with van der Waals surface area (Å²) < 4.78 is 15.3. The first kappa shape index (κ1) is 19.0. The number of nitrogens with zero attached hydrogens (tertiary/aromatic N) is 3. The highest BCUT2D eigenvalue weighted by Gasteiger charge is 2.23. The number of amides is 1. The summed E-state index contributed by atoms with van der Waals surface area (Å²) in [7, 11) is 0. The molecular weight excluding hydrogens is 349 g/mol. The molecule has 1 atom stereocenters. The molecule has 140 valence electrons. The molecule has 0 unspecified atom stereocenters. The highest BCUT2D eigenvalue weighted by molar-refractivity contribution is 7.99. The van der Waals surface area contributed by atoms with Crippen molar-refractivity contribution in [1.29, 1.82) is 0 Å². The normalized spacial score (nSPS) is 17.5. The molecule has 1 saturated heterocycles. The number of hydrogen-bond donors (Lipinski definition) is 0. The third-order valence-corrected chi connectivity index (χ3v) is 5.83. The fourth-order valence-electron chi connectivity index (χ4n) is 3.44. The first-order valence-corrected chi connectivity index (χ1v) is 10.3. The predicted octanol–water partition coefficient (Wildman–Crippen LogP) is 4.59. The third kappa shape index (κ3) is 4.29. The molecule has 26 heavy (non-hydrogen) atoms. The third-order valence-electron chi connectivity index (χ3n) is 4.85. The zero-order chi connectivity index (χ0) is 18.5.